The molecule has 1 atom stereocenters. The van der Waals surface area contributed by atoms with Crippen molar-refractivity contribution < 1.29 is 4.74 Å². The van der Waals surface area contributed by atoms with Gasteiger partial charge in [-0.05, 0) is 25.0 Å². The second-order valence-electron chi connectivity index (χ2n) is 3.82. The first-order valence-corrected chi connectivity index (χ1v) is 6.28. The lowest BCUT2D eigenvalue weighted by Crippen LogP contribution is -2.31. The first kappa shape index (κ1) is 13.6. The zero-order chi connectivity index (χ0) is 12.0. The van der Waals surface area contributed by atoms with Gasteiger partial charge in [-0.3, -0.25) is 11.3 Å². The van der Waals surface area contributed by atoms with E-state index in [2.05, 4.69) is 47.3 Å². The van der Waals surface area contributed by atoms with Crippen molar-refractivity contribution in [2.24, 2.45) is 5.84 Å². The first-order chi connectivity index (χ1) is 7.69. The van der Waals surface area contributed by atoms with Crippen molar-refractivity contribution in [3.8, 4) is 0 Å². The van der Waals surface area contributed by atoms with Gasteiger partial charge in [-0.25, -0.2) is 0 Å². The molecule has 1 aromatic rings. The van der Waals surface area contributed by atoms with Gasteiger partial charge in [-0.1, -0.05) is 40.5 Å². The summed E-state index contributed by atoms with van der Waals surface area (Å²) in [7, 11) is 0. The molecule has 0 bridgehead atoms. The van der Waals surface area contributed by atoms with Gasteiger partial charge in [0.1, 0.15) is 0 Å². The van der Waals surface area contributed by atoms with E-state index < -0.39 is 0 Å². The second kappa shape index (κ2) is 7.01. The van der Waals surface area contributed by atoms with Crippen LogP contribution in [-0.2, 0) is 4.74 Å². The Morgan fingerprint density at radius 1 is 1.50 bits per heavy atom. The Kier molecular flexibility index (Phi) is 5.98. The van der Waals surface area contributed by atoms with Crippen LogP contribution in [0.3, 0.4) is 0 Å². The summed E-state index contributed by atoms with van der Waals surface area (Å²) in [6.07, 6.45) is 1.02. The van der Waals surface area contributed by atoms with Crippen molar-refractivity contribution in [1.82, 2.24) is 5.43 Å². The Morgan fingerprint density at radius 2 is 2.25 bits per heavy atom. The number of ether oxygens (including phenoxy) is 1. The summed E-state index contributed by atoms with van der Waals surface area (Å²) in [6, 6.07) is 6.24. The van der Waals surface area contributed by atoms with Crippen molar-refractivity contribution in [3.63, 3.8) is 0 Å². The van der Waals surface area contributed by atoms with Gasteiger partial charge in [0.25, 0.3) is 0 Å². The average Bonchev–Trinajstić information content (AvgIpc) is 2.28. The molecule has 16 heavy (non-hydrogen) atoms. The first-order valence-electron chi connectivity index (χ1n) is 5.49. The number of hydrogen-bond acceptors (Lipinski definition) is 3. The molecule has 1 unspecified atom stereocenters. The maximum atomic E-state index is 5.56. The van der Waals surface area contributed by atoms with Crippen molar-refractivity contribution in [1.29, 1.82) is 0 Å². The molecule has 0 spiro atoms. The van der Waals surface area contributed by atoms with Crippen LogP contribution in [0.4, 0.5) is 0 Å². The van der Waals surface area contributed by atoms with E-state index in [9.17, 15) is 0 Å². The van der Waals surface area contributed by atoms with Gasteiger partial charge in [0, 0.05) is 11.1 Å². The summed E-state index contributed by atoms with van der Waals surface area (Å²) in [6.45, 7) is 5.51. The van der Waals surface area contributed by atoms with Gasteiger partial charge in [0.15, 0.2) is 0 Å². The van der Waals surface area contributed by atoms with E-state index >= 15 is 0 Å². The molecule has 0 aliphatic heterocycles. The summed E-state index contributed by atoms with van der Waals surface area (Å²) < 4.78 is 6.58. The summed E-state index contributed by atoms with van der Waals surface area (Å²) in [5.41, 5.74) is 5.14. The van der Waals surface area contributed by atoms with E-state index in [4.69, 9.17) is 10.6 Å². The third kappa shape index (κ3) is 3.87. The number of benzene rings is 1. The molecule has 90 valence electrons. The Labute approximate surface area is 105 Å². The minimum Gasteiger partial charge on any atom is -0.379 e. The highest BCUT2D eigenvalue weighted by Crippen LogP contribution is 2.24. The predicted molar refractivity (Wildman–Crippen MR) is 70.1 cm³/mol. The van der Waals surface area contributed by atoms with Crippen molar-refractivity contribution in [3.05, 3.63) is 33.8 Å². The minimum absolute atomic E-state index is 0.0285. The number of hydrogen-bond donors (Lipinski definition) is 2. The van der Waals surface area contributed by atoms with Crippen LogP contribution in [0.2, 0.25) is 0 Å². The number of rotatable bonds is 6. The monoisotopic (exact) mass is 286 g/mol. The normalized spacial score (nSPS) is 12.8. The highest BCUT2D eigenvalue weighted by molar-refractivity contribution is 9.10. The van der Waals surface area contributed by atoms with E-state index in [-0.39, 0.29) is 6.04 Å². The van der Waals surface area contributed by atoms with E-state index in [1.165, 1.54) is 5.56 Å². The molecule has 1 rings (SSSR count). The molecule has 0 saturated carbocycles. The van der Waals surface area contributed by atoms with Gasteiger partial charge < -0.3 is 4.74 Å². The van der Waals surface area contributed by atoms with Crippen LogP contribution in [0, 0.1) is 6.92 Å². The average molecular weight is 287 g/mol. The third-order valence-electron chi connectivity index (χ3n) is 2.36. The lowest BCUT2D eigenvalue weighted by molar-refractivity contribution is 0.112. The maximum absolute atomic E-state index is 5.56. The molecule has 3 nitrogen and oxygen atoms in total. The maximum Gasteiger partial charge on any atom is 0.0704 e. The molecular weight excluding hydrogens is 268 g/mol. The van der Waals surface area contributed by atoms with Crippen molar-refractivity contribution >= 4 is 15.9 Å². The van der Waals surface area contributed by atoms with Gasteiger partial charge in [-0.2, -0.15) is 0 Å². The fourth-order valence-corrected chi connectivity index (χ4v) is 2.03. The van der Waals surface area contributed by atoms with E-state index in [1.807, 2.05) is 6.07 Å². The molecule has 0 heterocycles. The summed E-state index contributed by atoms with van der Waals surface area (Å²) in [5.74, 6) is 5.56. The molecule has 0 saturated heterocycles. The smallest absolute Gasteiger partial charge is 0.0704 e. The number of hydrazine groups is 1. The number of aryl methyl sites for hydroxylation is 1. The number of nitrogens with two attached hydrogens (primary N) is 1. The molecule has 0 fully saturated rings. The van der Waals surface area contributed by atoms with Crippen LogP contribution >= 0.6 is 15.9 Å². The summed E-state index contributed by atoms with van der Waals surface area (Å²) in [5, 5.41) is 0. The molecule has 3 N–H and O–H groups in total. The standard InChI is InChI=1S/C12H19BrN2O/c1-3-6-16-8-12(15-14)10-7-9(2)4-5-11(10)13/h4-5,7,12,15H,3,6,8,14H2,1-2H3. The fourth-order valence-electron chi connectivity index (χ4n) is 1.50. The molecule has 0 aliphatic rings. The minimum atomic E-state index is 0.0285. The Balaban J connectivity index is 2.73. The quantitative estimate of drug-likeness (QED) is 0.480. The van der Waals surface area contributed by atoms with Gasteiger partial charge >= 0.3 is 0 Å². The number of halogens is 1. The van der Waals surface area contributed by atoms with Gasteiger partial charge in [-0.15, -0.1) is 0 Å². The highest BCUT2D eigenvalue weighted by Gasteiger charge is 2.13. The van der Waals surface area contributed by atoms with Crippen LogP contribution in [0.1, 0.15) is 30.5 Å². The summed E-state index contributed by atoms with van der Waals surface area (Å²) in [4.78, 5) is 0. The van der Waals surface area contributed by atoms with E-state index in [1.54, 1.807) is 0 Å². The molecule has 4 heteroatoms. The lowest BCUT2D eigenvalue weighted by Gasteiger charge is -2.18. The molecule has 0 radical (unpaired) electrons. The molecule has 0 aromatic heterocycles. The van der Waals surface area contributed by atoms with E-state index in [0.717, 1.165) is 23.1 Å². The SMILES string of the molecule is CCCOCC(NN)c1cc(C)ccc1Br. The Bertz CT molecular complexity index is 331. The summed E-state index contributed by atoms with van der Waals surface area (Å²) >= 11 is 3.53. The van der Waals surface area contributed by atoms with Crippen molar-refractivity contribution in [2.75, 3.05) is 13.2 Å². The lowest BCUT2D eigenvalue weighted by atomic mass is 10.1. The third-order valence-corrected chi connectivity index (χ3v) is 3.08. The zero-order valence-corrected chi connectivity index (χ0v) is 11.4. The van der Waals surface area contributed by atoms with Crippen LogP contribution < -0.4 is 11.3 Å². The largest absolute Gasteiger partial charge is 0.379 e. The van der Waals surface area contributed by atoms with Crippen LogP contribution in [0.15, 0.2) is 22.7 Å². The van der Waals surface area contributed by atoms with Crippen LogP contribution in [0.5, 0.6) is 0 Å². The molecular formula is C12H19BrN2O. The predicted octanol–water partition coefficient (Wildman–Crippen LogP) is 2.69. The highest BCUT2D eigenvalue weighted by atomic mass is 79.9. The molecule has 0 aliphatic carbocycles. The van der Waals surface area contributed by atoms with Gasteiger partial charge in [0.2, 0.25) is 0 Å². The Morgan fingerprint density at radius 3 is 2.88 bits per heavy atom. The molecule has 0 amide bonds. The number of nitrogens with one attached hydrogen (secondary N) is 1. The Hall–Kier alpha value is -0.420. The second-order valence-corrected chi connectivity index (χ2v) is 4.67. The molecule has 1 aromatic carbocycles. The zero-order valence-electron chi connectivity index (χ0n) is 9.79. The fraction of sp³-hybridized carbons (Fsp3) is 0.500. The van der Waals surface area contributed by atoms with Crippen molar-refractivity contribution in [2.45, 2.75) is 26.3 Å². The van der Waals surface area contributed by atoms with E-state index in [0.29, 0.717) is 6.61 Å². The topological polar surface area (TPSA) is 47.3 Å². The van der Waals surface area contributed by atoms with Gasteiger partial charge in [0.05, 0.1) is 12.6 Å². The van der Waals surface area contributed by atoms with Crippen LogP contribution in [0.25, 0.3) is 0 Å². The van der Waals surface area contributed by atoms with Crippen LogP contribution in [-0.4, -0.2) is 13.2 Å².